The van der Waals surface area contributed by atoms with Crippen molar-refractivity contribution in [3.63, 3.8) is 0 Å². The SMILES string of the molecule is CNC(=S)NS(=O)(=O)c1cc(CCNC(=O)/C=C/c2cc(Cl)ccc2OC)ccc1OC. The summed E-state index contributed by atoms with van der Waals surface area (Å²) in [6.45, 7) is 0.296. The normalized spacial score (nSPS) is 11.1. The van der Waals surface area contributed by atoms with Gasteiger partial charge in [0.05, 0.1) is 14.2 Å². The highest BCUT2D eigenvalue weighted by molar-refractivity contribution is 7.92. The second-order valence-electron chi connectivity index (χ2n) is 6.43. The van der Waals surface area contributed by atoms with Crippen LogP contribution < -0.4 is 24.8 Å². The number of halogens is 1. The Kier molecular flexibility index (Phi) is 9.30. The topological polar surface area (TPSA) is 106 Å². The fourth-order valence-electron chi connectivity index (χ4n) is 2.70. The third kappa shape index (κ3) is 7.11. The minimum absolute atomic E-state index is 0.0344. The number of rotatable bonds is 9. The van der Waals surface area contributed by atoms with Gasteiger partial charge in [-0.2, -0.15) is 0 Å². The summed E-state index contributed by atoms with van der Waals surface area (Å²) in [5.74, 6) is 0.466. The van der Waals surface area contributed by atoms with Crippen LogP contribution in [0.1, 0.15) is 11.1 Å². The molecule has 0 atom stereocenters. The maximum atomic E-state index is 12.6. The number of thiocarbonyl (C=S) groups is 1. The first-order valence-corrected chi connectivity index (χ1v) is 11.7. The Labute approximate surface area is 198 Å². The van der Waals surface area contributed by atoms with Gasteiger partial charge in [-0.05, 0) is 60.6 Å². The summed E-state index contributed by atoms with van der Waals surface area (Å²) in [6.07, 6.45) is 3.39. The lowest BCUT2D eigenvalue weighted by Gasteiger charge is -2.13. The van der Waals surface area contributed by atoms with Crippen LogP contribution in [0.2, 0.25) is 5.02 Å². The third-order valence-corrected chi connectivity index (χ3v) is 6.33. The molecule has 0 fully saturated rings. The number of carbonyl (C=O) groups excluding carboxylic acids is 1. The minimum Gasteiger partial charge on any atom is -0.496 e. The van der Waals surface area contributed by atoms with Gasteiger partial charge in [-0.3, -0.25) is 9.52 Å². The van der Waals surface area contributed by atoms with E-state index in [1.807, 2.05) is 0 Å². The van der Waals surface area contributed by atoms with Crippen molar-refractivity contribution < 1.29 is 22.7 Å². The number of methoxy groups -OCH3 is 2. The fraction of sp³-hybridized carbons (Fsp3) is 0.238. The maximum Gasteiger partial charge on any atom is 0.267 e. The molecule has 0 aliphatic carbocycles. The van der Waals surface area contributed by atoms with Crippen LogP contribution >= 0.6 is 23.8 Å². The molecule has 2 rings (SSSR count). The number of sulfonamides is 1. The molecule has 2 aromatic carbocycles. The van der Waals surface area contributed by atoms with Gasteiger partial charge in [0.25, 0.3) is 10.0 Å². The van der Waals surface area contributed by atoms with Gasteiger partial charge < -0.3 is 20.1 Å². The molecule has 0 unspecified atom stereocenters. The summed E-state index contributed by atoms with van der Waals surface area (Å²) in [5, 5.41) is 5.80. The zero-order valence-corrected chi connectivity index (χ0v) is 20.2. The highest BCUT2D eigenvalue weighted by atomic mass is 35.5. The largest absolute Gasteiger partial charge is 0.496 e. The predicted molar refractivity (Wildman–Crippen MR) is 129 cm³/mol. The van der Waals surface area contributed by atoms with Crippen LogP contribution in [0.25, 0.3) is 6.08 Å². The number of hydrogen-bond acceptors (Lipinski definition) is 6. The molecule has 8 nitrogen and oxygen atoms in total. The van der Waals surface area contributed by atoms with Crippen molar-refractivity contribution in [1.29, 1.82) is 0 Å². The first-order chi connectivity index (χ1) is 15.2. The molecule has 0 saturated carbocycles. The average molecular weight is 498 g/mol. The number of carbonyl (C=O) groups is 1. The summed E-state index contributed by atoms with van der Waals surface area (Å²) in [7, 11) is 0.499. The molecule has 0 radical (unpaired) electrons. The second-order valence-corrected chi connectivity index (χ2v) is 8.93. The van der Waals surface area contributed by atoms with Crippen LogP contribution in [0, 0.1) is 0 Å². The molecule has 0 heterocycles. The first kappa shape index (κ1) is 25.4. The summed E-state index contributed by atoms with van der Waals surface area (Å²) in [5.41, 5.74) is 1.37. The molecule has 1 amide bonds. The molecular weight excluding hydrogens is 474 g/mol. The lowest BCUT2D eigenvalue weighted by atomic mass is 10.1. The maximum absolute atomic E-state index is 12.6. The quantitative estimate of drug-likeness (QED) is 0.361. The van der Waals surface area contributed by atoms with E-state index in [1.165, 1.54) is 33.4 Å². The molecule has 0 aliphatic heterocycles. The van der Waals surface area contributed by atoms with Crippen molar-refractivity contribution in [2.45, 2.75) is 11.3 Å². The molecular formula is C21H24ClN3O5S2. The Morgan fingerprint density at radius 2 is 1.81 bits per heavy atom. The molecule has 0 aliphatic rings. The van der Waals surface area contributed by atoms with E-state index < -0.39 is 10.0 Å². The number of ether oxygens (including phenoxy) is 2. The van der Waals surface area contributed by atoms with Crippen molar-refractivity contribution in [2.75, 3.05) is 27.8 Å². The number of amides is 1. The zero-order valence-electron chi connectivity index (χ0n) is 17.8. The molecule has 0 spiro atoms. The van der Waals surface area contributed by atoms with Crippen LogP contribution in [-0.2, 0) is 21.2 Å². The van der Waals surface area contributed by atoms with E-state index in [0.717, 1.165) is 0 Å². The van der Waals surface area contributed by atoms with Gasteiger partial charge in [-0.1, -0.05) is 17.7 Å². The van der Waals surface area contributed by atoms with Crippen molar-refractivity contribution in [2.24, 2.45) is 0 Å². The first-order valence-electron chi connectivity index (χ1n) is 9.41. The van der Waals surface area contributed by atoms with Gasteiger partial charge >= 0.3 is 0 Å². The molecule has 172 valence electrons. The third-order valence-electron chi connectivity index (χ3n) is 4.29. The van der Waals surface area contributed by atoms with Gasteiger partial charge in [0.2, 0.25) is 5.91 Å². The molecule has 3 N–H and O–H groups in total. The van der Waals surface area contributed by atoms with E-state index in [1.54, 1.807) is 36.4 Å². The molecule has 0 bridgehead atoms. The minimum atomic E-state index is -3.93. The Hall–Kier alpha value is -2.82. The van der Waals surface area contributed by atoms with E-state index in [2.05, 4.69) is 15.4 Å². The Balaban J connectivity index is 2.04. The number of nitrogens with one attached hydrogen (secondary N) is 3. The summed E-state index contributed by atoms with van der Waals surface area (Å²) >= 11 is 10.9. The molecule has 0 aromatic heterocycles. The van der Waals surface area contributed by atoms with Crippen LogP contribution in [0.5, 0.6) is 11.5 Å². The Morgan fingerprint density at radius 3 is 2.47 bits per heavy atom. The number of hydrogen-bond donors (Lipinski definition) is 3. The van der Waals surface area contributed by atoms with E-state index in [-0.39, 0.29) is 21.7 Å². The second kappa shape index (κ2) is 11.7. The van der Waals surface area contributed by atoms with E-state index in [9.17, 15) is 13.2 Å². The van der Waals surface area contributed by atoms with E-state index >= 15 is 0 Å². The fourth-order valence-corrected chi connectivity index (χ4v) is 4.39. The highest BCUT2D eigenvalue weighted by Gasteiger charge is 2.21. The van der Waals surface area contributed by atoms with Crippen molar-refractivity contribution in [3.8, 4) is 11.5 Å². The van der Waals surface area contributed by atoms with Crippen molar-refractivity contribution in [3.05, 3.63) is 58.6 Å². The number of benzene rings is 2. The van der Waals surface area contributed by atoms with Gasteiger partial charge in [0.15, 0.2) is 5.11 Å². The standard InChI is InChI=1S/C21H24ClN3O5S2/c1-23-21(31)25-32(27,28)19-12-14(4-7-18(19)30-3)10-11-24-20(26)9-5-15-13-16(22)6-8-17(15)29-2/h4-9,12-13H,10-11H2,1-3H3,(H,24,26)(H2,23,25,31)/b9-5+. The Bertz CT molecular complexity index is 1120. The van der Waals surface area contributed by atoms with Gasteiger partial charge in [0.1, 0.15) is 16.4 Å². The average Bonchev–Trinajstić information content (AvgIpc) is 2.77. The lowest BCUT2D eigenvalue weighted by molar-refractivity contribution is -0.116. The van der Waals surface area contributed by atoms with E-state index in [4.69, 9.17) is 33.3 Å². The zero-order chi connectivity index (χ0) is 23.7. The van der Waals surface area contributed by atoms with Crippen LogP contribution in [0.15, 0.2) is 47.4 Å². The van der Waals surface area contributed by atoms with Gasteiger partial charge in [0, 0.05) is 30.3 Å². The van der Waals surface area contributed by atoms with Crippen LogP contribution in [-0.4, -0.2) is 47.2 Å². The van der Waals surface area contributed by atoms with Crippen molar-refractivity contribution in [1.82, 2.24) is 15.4 Å². The van der Waals surface area contributed by atoms with Crippen LogP contribution in [0.3, 0.4) is 0 Å². The highest BCUT2D eigenvalue weighted by Crippen LogP contribution is 2.25. The summed E-state index contributed by atoms with van der Waals surface area (Å²) in [6, 6.07) is 9.87. The predicted octanol–water partition coefficient (Wildman–Crippen LogP) is 2.51. The monoisotopic (exact) mass is 497 g/mol. The molecule has 11 heteroatoms. The molecule has 0 saturated heterocycles. The van der Waals surface area contributed by atoms with E-state index in [0.29, 0.717) is 34.9 Å². The molecule has 32 heavy (non-hydrogen) atoms. The molecule has 2 aromatic rings. The van der Waals surface area contributed by atoms with Gasteiger partial charge in [-0.25, -0.2) is 8.42 Å². The van der Waals surface area contributed by atoms with Crippen LogP contribution in [0.4, 0.5) is 0 Å². The summed E-state index contributed by atoms with van der Waals surface area (Å²) in [4.78, 5) is 12.1. The lowest BCUT2D eigenvalue weighted by Crippen LogP contribution is -2.37. The smallest absolute Gasteiger partial charge is 0.267 e. The Morgan fingerprint density at radius 1 is 1.12 bits per heavy atom. The summed E-state index contributed by atoms with van der Waals surface area (Å²) < 4.78 is 37.9. The van der Waals surface area contributed by atoms with Gasteiger partial charge in [-0.15, -0.1) is 0 Å². The van der Waals surface area contributed by atoms with Crippen molar-refractivity contribution >= 4 is 50.9 Å².